The highest BCUT2D eigenvalue weighted by Gasteiger charge is 2.15. The zero-order valence-corrected chi connectivity index (χ0v) is 17.4. The molecule has 0 saturated heterocycles. The average Bonchev–Trinajstić information content (AvgIpc) is 3.33. The number of carbonyl (C=O) groups excluding carboxylic acids is 2. The van der Waals surface area contributed by atoms with Crippen LogP contribution in [0.1, 0.15) is 18.5 Å². The number of benzene rings is 2. The molecule has 0 aliphatic rings. The molecule has 2 N–H and O–H groups in total. The molecule has 1 atom stereocenters. The third-order valence-electron chi connectivity index (χ3n) is 4.43. The van der Waals surface area contributed by atoms with Gasteiger partial charge in [0.15, 0.2) is 0 Å². The summed E-state index contributed by atoms with van der Waals surface area (Å²) < 4.78 is 11.9. The van der Waals surface area contributed by atoms with E-state index < -0.39 is 6.04 Å². The minimum atomic E-state index is -0.498. The maximum atomic E-state index is 12.3. The summed E-state index contributed by atoms with van der Waals surface area (Å²) in [6.45, 7) is 1.73. The van der Waals surface area contributed by atoms with E-state index in [2.05, 4.69) is 20.7 Å². The largest absolute Gasteiger partial charge is 0.497 e. The number of ether oxygens (including phenoxy) is 2. The fourth-order valence-electron chi connectivity index (χ4n) is 2.70. The SMILES string of the molecule is COc1cc(/C=C/C(=O)Nc2ccc(NC(=O)C(C)n3cncn3)cc2)cc(OC)c1. The van der Waals surface area contributed by atoms with Gasteiger partial charge in [0, 0.05) is 23.5 Å². The number of nitrogens with zero attached hydrogens (tertiary/aromatic N) is 3. The number of anilines is 2. The number of carbonyl (C=O) groups is 2. The number of nitrogens with one attached hydrogen (secondary N) is 2. The van der Waals surface area contributed by atoms with E-state index in [9.17, 15) is 9.59 Å². The highest BCUT2D eigenvalue weighted by molar-refractivity contribution is 6.02. The molecule has 9 heteroatoms. The summed E-state index contributed by atoms with van der Waals surface area (Å²) in [6.07, 6.45) is 5.95. The van der Waals surface area contributed by atoms with E-state index in [-0.39, 0.29) is 11.8 Å². The van der Waals surface area contributed by atoms with Crippen LogP contribution in [0.4, 0.5) is 11.4 Å². The molecule has 0 spiro atoms. The van der Waals surface area contributed by atoms with Gasteiger partial charge in [-0.1, -0.05) is 0 Å². The van der Waals surface area contributed by atoms with Crippen LogP contribution in [-0.2, 0) is 9.59 Å². The van der Waals surface area contributed by atoms with Gasteiger partial charge in [-0.3, -0.25) is 9.59 Å². The first kappa shape index (κ1) is 21.6. The van der Waals surface area contributed by atoms with Gasteiger partial charge in [-0.2, -0.15) is 5.10 Å². The molecular formula is C22H23N5O4. The monoisotopic (exact) mass is 421 g/mol. The Morgan fingerprint density at radius 1 is 1.00 bits per heavy atom. The second-order valence-corrected chi connectivity index (χ2v) is 6.59. The summed E-state index contributed by atoms with van der Waals surface area (Å²) >= 11 is 0. The highest BCUT2D eigenvalue weighted by atomic mass is 16.5. The predicted molar refractivity (Wildman–Crippen MR) is 117 cm³/mol. The standard InChI is InChI=1S/C22H23N5O4/c1-15(27-14-23-13-24-27)22(29)26-18-7-5-17(6-8-18)25-21(28)9-4-16-10-19(30-2)12-20(11-16)31-3/h4-15H,1-3H3,(H,25,28)(H,26,29)/b9-4+. The molecule has 2 aromatic carbocycles. The van der Waals surface area contributed by atoms with Crippen LogP contribution in [-0.4, -0.2) is 40.8 Å². The number of hydrogen-bond donors (Lipinski definition) is 2. The van der Waals surface area contributed by atoms with E-state index in [1.807, 2.05) is 0 Å². The molecule has 1 aromatic heterocycles. The molecule has 1 heterocycles. The van der Waals surface area contributed by atoms with Gasteiger partial charge in [0.2, 0.25) is 11.8 Å². The second kappa shape index (κ2) is 10.1. The first-order valence-corrected chi connectivity index (χ1v) is 9.45. The fraction of sp³-hybridized carbons (Fsp3) is 0.182. The molecule has 0 bridgehead atoms. The topological polar surface area (TPSA) is 107 Å². The van der Waals surface area contributed by atoms with Crippen LogP contribution in [0.5, 0.6) is 11.5 Å². The molecule has 0 saturated carbocycles. The Labute approximate surface area is 179 Å². The van der Waals surface area contributed by atoms with Crippen molar-refractivity contribution in [1.29, 1.82) is 0 Å². The summed E-state index contributed by atoms with van der Waals surface area (Å²) in [7, 11) is 3.13. The fourth-order valence-corrected chi connectivity index (χ4v) is 2.70. The summed E-state index contributed by atoms with van der Waals surface area (Å²) in [4.78, 5) is 28.4. The molecule has 2 amide bonds. The summed E-state index contributed by atoms with van der Waals surface area (Å²) in [5, 5.41) is 9.53. The van der Waals surface area contributed by atoms with Crippen LogP contribution in [0.3, 0.4) is 0 Å². The number of hydrogen-bond acceptors (Lipinski definition) is 6. The molecule has 31 heavy (non-hydrogen) atoms. The van der Waals surface area contributed by atoms with E-state index in [0.717, 1.165) is 5.56 Å². The average molecular weight is 421 g/mol. The Hall–Kier alpha value is -4.14. The molecule has 0 aliphatic carbocycles. The van der Waals surface area contributed by atoms with Crippen LogP contribution in [0, 0.1) is 0 Å². The minimum absolute atomic E-state index is 0.223. The zero-order valence-electron chi connectivity index (χ0n) is 17.4. The minimum Gasteiger partial charge on any atom is -0.497 e. The molecule has 0 radical (unpaired) electrons. The van der Waals surface area contributed by atoms with Gasteiger partial charge in [0.05, 0.1) is 14.2 Å². The first-order chi connectivity index (χ1) is 15.0. The van der Waals surface area contributed by atoms with Gasteiger partial charge in [0.25, 0.3) is 0 Å². The van der Waals surface area contributed by atoms with Crippen molar-refractivity contribution in [3.05, 3.63) is 66.8 Å². The Morgan fingerprint density at radius 3 is 2.16 bits per heavy atom. The van der Waals surface area contributed by atoms with E-state index in [1.54, 1.807) is 69.7 Å². The van der Waals surface area contributed by atoms with Gasteiger partial charge in [0.1, 0.15) is 30.2 Å². The first-order valence-electron chi connectivity index (χ1n) is 9.45. The van der Waals surface area contributed by atoms with Crippen molar-refractivity contribution in [3.8, 4) is 11.5 Å². The van der Waals surface area contributed by atoms with Gasteiger partial charge < -0.3 is 20.1 Å². The Kier molecular flexibility index (Phi) is 7.00. The molecule has 3 rings (SSSR count). The summed E-state index contributed by atoms with van der Waals surface area (Å²) in [5.74, 6) is 0.752. The van der Waals surface area contributed by atoms with Crippen molar-refractivity contribution in [2.45, 2.75) is 13.0 Å². The molecule has 160 valence electrons. The summed E-state index contributed by atoms with van der Waals surface area (Å²) in [5.41, 5.74) is 1.97. The number of amides is 2. The zero-order chi connectivity index (χ0) is 22.2. The van der Waals surface area contributed by atoms with Crippen molar-refractivity contribution in [2.24, 2.45) is 0 Å². The van der Waals surface area contributed by atoms with Crippen molar-refractivity contribution < 1.29 is 19.1 Å². The van der Waals surface area contributed by atoms with Gasteiger partial charge in [-0.05, 0) is 55.0 Å². The van der Waals surface area contributed by atoms with Gasteiger partial charge in [-0.25, -0.2) is 9.67 Å². The van der Waals surface area contributed by atoms with E-state index >= 15 is 0 Å². The van der Waals surface area contributed by atoms with Crippen molar-refractivity contribution in [2.75, 3.05) is 24.9 Å². The smallest absolute Gasteiger partial charge is 0.249 e. The second-order valence-electron chi connectivity index (χ2n) is 6.59. The van der Waals surface area contributed by atoms with Crippen molar-refractivity contribution >= 4 is 29.3 Å². The van der Waals surface area contributed by atoms with Gasteiger partial charge >= 0.3 is 0 Å². The Bertz CT molecular complexity index is 1040. The molecular weight excluding hydrogens is 398 g/mol. The lowest BCUT2D eigenvalue weighted by Crippen LogP contribution is -2.24. The van der Waals surface area contributed by atoms with E-state index in [0.29, 0.717) is 22.9 Å². The van der Waals surface area contributed by atoms with Gasteiger partial charge in [-0.15, -0.1) is 0 Å². The maximum absolute atomic E-state index is 12.3. The molecule has 3 aromatic rings. The lowest BCUT2D eigenvalue weighted by Gasteiger charge is -2.12. The van der Waals surface area contributed by atoms with E-state index in [4.69, 9.17) is 9.47 Å². The quantitative estimate of drug-likeness (QED) is 0.541. The third kappa shape index (κ3) is 5.92. The number of methoxy groups -OCH3 is 2. The summed E-state index contributed by atoms with van der Waals surface area (Å²) in [6, 6.07) is 11.7. The highest BCUT2D eigenvalue weighted by Crippen LogP contribution is 2.23. The Balaban J connectivity index is 1.57. The van der Waals surface area contributed by atoms with E-state index in [1.165, 1.54) is 23.4 Å². The van der Waals surface area contributed by atoms with Crippen molar-refractivity contribution in [3.63, 3.8) is 0 Å². The maximum Gasteiger partial charge on any atom is 0.249 e. The molecule has 9 nitrogen and oxygen atoms in total. The van der Waals surface area contributed by atoms with Crippen LogP contribution in [0.15, 0.2) is 61.2 Å². The number of rotatable bonds is 8. The van der Waals surface area contributed by atoms with Crippen molar-refractivity contribution in [1.82, 2.24) is 14.8 Å². The van der Waals surface area contributed by atoms with Crippen LogP contribution in [0.2, 0.25) is 0 Å². The molecule has 0 aliphatic heterocycles. The van der Waals surface area contributed by atoms with Crippen LogP contribution in [0.25, 0.3) is 6.08 Å². The number of aromatic nitrogens is 3. The lowest BCUT2D eigenvalue weighted by atomic mass is 10.2. The van der Waals surface area contributed by atoms with Crippen LogP contribution >= 0.6 is 0 Å². The molecule has 0 fully saturated rings. The normalized spacial score (nSPS) is 11.7. The third-order valence-corrected chi connectivity index (χ3v) is 4.43. The lowest BCUT2D eigenvalue weighted by molar-refractivity contribution is -0.119. The molecule has 1 unspecified atom stereocenters. The predicted octanol–water partition coefficient (Wildman–Crippen LogP) is 3.15. The Morgan fingerprint density at radius 2 is 1.61 bits per heavy atom. The van der Waals surface area contributed by atoms with Crippen LogP contribution < -0.4 is 20.1 Å².